The molecule has 6 rings (SSSR count). The van der Waals surface area contributed by atoms with E-state index in [4.69, 9.17) is 19.9 Å². The standard InChI is InChI=1S/C28H35N9O/c1-34-27(21-6-4-3-5-7-21)25-23(32-34)9-8-22-20-29-28(31-26(22)25)30-24-10-11-37(33-24)17-16-35-12-14-36(15-13-35)18-19-38-2/h3-7,10-11,20H,8-9,12-19H2,1-2H3,(H,29,30,31,33). The molecule has 4 aromatic rings. The van der Waals surface area contributed by atoms with Crippen LogP contribution >= 0.6 is 0 Å². The Hall–Kier alpha value is -3.60. The zero-order valence-electron chi connectivity index (χ0n) is 22.2. The van der Waals surface area contributed by atoms with Crippen molar-refractivity contribution in [3.8, 4) is 22.5 Å². The summed E-state index contributed by atoms with van der Waals surface area (Å²) in [6.07, 6.45) is 5.75. The summed E-state index contributed by atoms with van der Waals surface area (Å²) in [5, 5.41) is 12.9. The Balaban J connectivity index is 1.13. The molecule has 10 nitrogen and oxygen atoms in total. The lowest BCUT2D eigenvalue weighted by atomic mass is 9.91. The number of nitrogens with one attached hydrogen (secondary N) is 1. The summed E-state index contributed by atoms with van der Waals surface area (Å²) in [4.78, 5) is 14.5. The normalized spacial score (nSPS) is 15.8. The van der Waals surface area contributed by atoms with Gasteiger partial charge in [-0.05, 0) is 18.4 Å². The average molecular weight is 514 g/mol. The molecular formula is C28H35N9O. The van der Waals surface area contributed by atoms with Crippen molar-refractivity contribution in [1.29, 1.82) is 0 Å². The number of hydrogen-bond donors (Lipinski definition) is 1. The molecule has 0 amide bonds. The molecule has 1 N–H and O–H groups in total. The topological polar surface area (TPSA) is 89.2 Å². The van der Waals surface area contributed by atoms with Gasteiger partial charge in [-0.25, -0.2) is 9.97 Å². The molecule has 3 aromatic heterocycles. The van der Waals surface area contributed by atoms with E-state index >= 15 is 0 Å². The van der Waals surface area contributed by atoms with Gasteiger partial charge in [0.1, 0.15) is 0 Å². The van der Waals surface area contributed by atoms with Gasteiger partial charge in [-0.15, -0.1) is 0 Å². The smallest absolute Gasteiger partial charge is 0.228 e. The third kappa shape index (κ3) is 5.20. The van der Waals surface area contributed by atoms with Gasteiger partial charge in [0.2, 0.25) is 5.95 Å². The van der Waals surface area contributed by atoms with Crippen LogP contribution in [0.3, 0.4) is 0 Å². The molecule has 1 aliphatic heterocycles. The summed E-state index contributed by atoms with van der Waals surface area (Å²) >= 11 is 0. The number of hydrogen-bond acceptors (Lipinski definition) is 8. The summed E-state index contributed by atoms with van der Waals surface area (Å²) in [7, 11) is 3.77. The van der Waals surface area contributed by atoms with Gasteiger partial charge in [-0.2, -0.15) is 10.2 Å². The Morgan fingerprint density at radius 1 is 0.921 bits per heavy atom. The molecule has 198 valence electrons. The number of aryl methyl sites for hydroxylation is 3. The van der Waals surface area contributed by atoms with Crippen molar-refractivity contribution < 1.29 is 4.74 Å². The Labute approximate surface area is 223 Å². The minimum absolute atomic E-state index is 0.553. The highest BCUT2D eigenvalue weighted by Crippen LogP contribution is 2.39. The lowest BCUT2D eigenvalue weighted by Gasteiger charge is -2.34. The third-order valence-electron chi connectivity index (χ3n) is 7.50. The molecule has 1 aliphatic carbocycles. The molecule has 1 saturated heterocycles. The third-order valence-corrected chi connectivity index (χ3v) is 7.50. The van der Waals surface area contributed by atoms with Gasteiger partial charge in [0.05, 0.1) is 30.2 Å². The van der Waals surface area contributed by atoms with Crippen LogP contribution in [0.2, 0.25) is 0 Å². The van der Waals surface area contributed by atoms with E-state index in [9.17, 15) is 0 Å². The van der Waals surface area contributed by atoms with Crippen LogP contribution in [0.25, 0.3) is 22.5 Å². The quantitative estimate of drug-likeness (QED) is 0.366. The monoisotopic (exact) mass is 513 g/mol. The maximum atomic E-state index is 5.20. The van der Waals surface area contributed by atoms with E-state index in [0.717, 1.165) is 105 Å². The number of ether oxygens (including phenoxy) is 1. The molecule has 0 saturated carbocycles. The second-order valence-electron chi connectivity index (χ2n) is 9.99. The van der Waals surface area contributed by atoms with Gasteiger partial charge < -0.3 is 10.1 Å². The van der Waals surface area contributed by atoms with E-state index in [1.165, 1.54) is 0 Å². The number of nitrogens with zero attached hydrogens (tertiary/aromatic N) is 8. The first kappa shape index (κ1) is 24.7. The number of anilines is 2. The average Bonchev–Trinajstić information content (AvgIpc) is 3.55. The summed E-state index contributed by atoms with van der Waals surface area (Å²) in [5.41, 5.74) is 6.54. The molecule has 0 bridgehead atoms. The molecular weight excluding hydrogens is 478 g/mol. The molecule has 0 spiro atoms. The van der Waals surface area contributed by atoms with Gasteiger partial charge in [-0.3, -0.25) is 19.2 Å². The van der Waals surface area contributed by atoms with Gasteiger partial charge in [0.15, 0.2) is 5.82 Å². The minimum atomic E-state index is 0.553. The summed E-state index contributed by atoms with van der Waals surface area (Å²) in [5.74, 6) is 1.30. The number of aromatic nitrogens is 6. The number of benzene rings is 1. The molecule has 0 unspecified atom stereocenters. The van der Waals surface area contributed by atoms with Crippen molar-refractivity contribution >= 4 is 11.8 Å². The molecule has 38 heavy (non-hydrogen) atoms. The zero-order valence-corrected chi connectivity index (χ0v) is 22.2. The second-order valence-corrected chi connectivity index (χ2v) is 9.99. The van der Waals surface area contributed by atoms with E-state index in [1.807, 2.05) is 40.9 Å². The van der Waals surface area contributed by atoms with Crippen molar-refractivity contribution in [1.82, 2.24) is 39.3 Å². The first-order chi connectivity index (χ1) is 18.7. The van der Waals surface area contributed by atoms with Crippen molar-refractivity contribution in [2.75, 3.05) is 58.3 Å². The predicted octanol–water partition coefficient (Wildman–Crippen LogP) is 2.85. The number of piperazine rings is 1. The van der Waals surface area contributed by atoms with Crippen molar-refractivity contribution in [3.05, 3.63) is 60.0 Å². The van der Waals surface area contributed by atoms with Crippen LogP contribution in [0.15, 0.2) is 48.8 Å². The largest absolute Gasteiger partial charge is 0.383 e. The van der Waals surface area contributed by atoms with Crippen LogP contribution in [0.5, 0.6) is 0 Å². The Morgan fingerprint density at radius 3 is 2.50 bits per heavy atom. The van der Waals surface area contributed by atoms with Crippen molar-refractivity contribution in [3.63, 3.8) is 0 Å². The highest BCUT2D eigenvalue weighted by molar-refractivity contribution is 5.84. The van der Waals surface area contributed by atoms with Crippen LogP contribution in [-0.2, 0) is 31.2 Å². The highest BCUT2D eigenvalue weighted by atomic mass is 16.5. The van der Waals surface area contributed by atoms with E-state index in [2.05, 4.69) is 44.4 Å². The van der Waals surface area contributed by atoms with Gasteiger partial charge in [0, 0.05) is 83.0 Å². The SMILES string of the molecule is COCCN1CCN(CCn2ccc(Nc3ncc4c(n3)-c3c(nn(C)c3-c3ccccc3)CC4)n2)CC1. The van der Waals surface area contributed by atoms with Gasteiger partial charge in [0.25, 0.3) is 0 Å². The number of fused-ring (bicyclic) bond motifs is 3. The van der Waals surface area contributed by atoms with Crippen molar-refractivity contribution in [2.45, 2.75) is 19.4 Å². The van der Waals surface area contributed by atoms with E-state index in [0.29, 0.717) is 5.95 Å². The summed E-state index contributed by atoms with van der Waals surface area (Å²) in [6.45, 7) is 8.00. The Bertz CT molecular complexity index is 1370. The highest BCUT2D eigenvalue weighted by Gasteiger charge is 2.27. The van der Waals surface area contributed by atoms with Gasteiger partial charge >= 0.3 is 0 Å². The van der Waals surface area contributed by atoms with Crippen LogP contribution in [0.1, 0.15) is 11.3 Å². The molecule has 2 aliphatic rings. The van der Waals surface area contributed by atoms with Gasteiger partial charge in [-0.1, -0.05) is 30.3 Å². The fourth-order valence-electron chi connectivity index (χ4n) is 5.42. The molecule has 0 atom stereocenters. The first-order valence-electron chi connectivity index (χ1n) is 13.4. The second kappa shape index (κ2) is 11.0. The molecule has 0 radical (unpaired) electrons. The van der Waals surface area contributed by atoms with Crippen LogP contribution < -0.4 is 5.32 Å². The lowest BCUT2D eigenvalue weighted by molar-refractivity contribution is 0.0948. The number of rotatable bonds is 9. The molecule has 10 heteroatoms. The first-order valence-corrected chi connectivity index (χ1v) is 13.4. The van der Waals surface area contributed by atoms with Crippen LogP contribution in [0, 0.1) is 0 Å². The maximum Gasteiger partial charge on any atom is 0.228 e. The Kier molecular flexibility index (Phi) is 7.17. The van der Waals surface area contributed by atoms with Crippen LogP contribution in [0.4, 0.5) is 11.8 Å². The molecule has 4 heterocycles. The van der Waals surface area contributed by atoms with Crippen molar-refractivity contribution in [2.24, 2.45) is 7.05 Å². The van der Waals surface area contributed by atoms with Crippen LogP contribution in [-0.4, -0.2) is 92.3 Å². The predicted molar refractivity (Wildman–Crippen MR) is 147 cm³/mol. The van der Waals surface area contributed by atoms with E-state index in [-0.39, 0.29) is 0 Å². The lowest BCUT2D eigenvalue weighted by Crippen LogP contribution is -2.47. The Morgan fingerprint density at radius 2 is 1.71 bits per heavy atom. The van der Waals surface area contributed by atoms with E-state index < -0.39 is 0 Å². The zero-order chi connectivity index (χ0) is 25.9. The maximum absolute atomic E-state index is 5.20. The molecule has 1 aromatic carbocycles. The fraction of sp³-hybridized carbons (Fsp3) is 0.429. The number of methoxy groups -OCH3 is 1. The minimum Gasteiger partial charge on any atom is -0.383 e. The van der Waals surface area contributed by atoms with E-state index in [1.54, 1.807) is 7.11 Å². The molecule has 1 fully saturated rings. The fourth-order valence-corrected chi connectivity index (χ4v) is 5.42. The summed E-state index contributed by atoms with van der Waals surface area (Å²) < 4.78 is 9.17. The summed E-state index contributed by atoms with van der Waals surface area (Å²) in [6, 6.07) is 12.4.